The minimum absolute atomic E-state index is 0.0190. The van der Waals surface area contributed by atoms with Crippen molar-refractivity contribution in [3.8, 4) is 0 Å². The molecule has 2 aromatic carbocycles. The Morgan fingerprint density at radius 2 is 1.64 bits per heavy atom. The summed E-state index contributed by atoms with van der Waals surface area (Å²) in [6.07, 6.45) is -0.607. The number of nitrogens with one attached hydrogen (secondary N) is 1. The van der Waals surface area contributed by atoms with E-state index >= 15 is 0 Å². The summed E-state index contributed by atoms with van der Waals surface area (Å²) in [7, 11) is -2.60. The second kappa shape index (κ2) is 9.89. The number of benzene rings is 2. The van der Waals surface area contributed by atoms with Crippen molar-refractivity contribution in [1.82, 2.24) is 5.32 Å². The average molecular weight is 404 g/mol. The highest BCUT2D eigenvalue weighted by atomic mass is 32.2. The fourth-order valence-corrected chi connectivity index (χ4v) is 3.75. The third-order valence-electron chi connectivity index (χ3n) is 4.06. The SMILES string of the molecule is CCOC(=O)NC(c1ccccc1)C(C)/C(=N\S(=O)(=O)c1ccccc1)OC. The van der Waals surface area contributed by atoms with Crippen LogP contribution in [0.3, 0.4) is 0 Å². The second-order valence-electron chi connectivity index (χ2n) is 5.96. The van der Waals surface area contributed by atoms with Crippen LogP contribution in [0.25, 0.3) is 0 Å². The molecule has 1 N–H and O–H groups in total. The summed E-state index contributed by atoms with van der Waals surface area (Å²) < 4.78 is 39.4. The van der Waals surface area contributed by atoms with Gasteiger partial charge in [-0.25, -0.2) is 4.79 Å². The number of alkyl carbamates (subject to hydrolysis) is 1. The lowest BCUT2D eigenvalue weighted by Gasteiger charge is -2.25. The van der Waals surface area contributed by atoms with Gasteiger partial charge in [-0.15, -0.1) is 4.40 Å². The van der Waals surface area contributed by atoms with Crippen LogP contribution in [0.2, 0.25) is 0 Å². The predicted molar refractivity (Wildman–Crippen MR) is 107 cm³/mol. The van der Waals surface area contributed by atoms with E-state index in [-0.39, 0.29) is 17.4 Å². The molecule has 0 saturated carbocycles. The standard InChI is InChI=1S/C20H24N2O5S/c1-4-27-20(23)21-18(16-11-7-5-8-12-16)15(2)19(26-3)22-28(24,25)17-13-9-6-10-14-17/h5-15,18H,4H2,1-3H3,(H,21,23)/b22-19+. The molecule has 150 valence electrons. The van der Waals surface area contributed by atoms with E-state index in [4.69, 9.17) is 9.47 Å². The Morgan fingerprint density at radius 3 is 2.18 bits per heavy atom. The third-order valence-corrected chi connectivity index (χ3v) is 5.35. The Morgan fingerprint density at radius 1 is 1.07 bits per heavy atom. The van der Waals surface area contributed by atoms with Crippen LogP contribution in [-0.4, -0.2) is 34.1 Å². The molecule has 0 aromatic heterocycles. The van der Waals surface area contributed by atoms with Crippen molar-refractivity contribution < 1.29 is 22.7 Å². The van der Waals surface area contributed by atoms with Gasteiger partial charge in [0, 0.05) is 0 Å². The fourth-order valence-electron chi connectivity index (χ4n) is 2.67. The first-order valence-electron chi connectivity index (χ1n) is 8.81. The highest BCUT2D eigenvalue weighted by molar-refractivity contribution is 7.90. The smallest absolute Gasteiger partial charge is 0.407 e. The summed E-state index contributed by atoms with van der Waals surface area (Å²) in [4.78, 5) is 12.1. The van der Waals surface area contributed by atoms with Gasteiger partial charge in [0.2, 0.25) is 5.90 Å². The van der Waals surface area contributed by atoms with E-state index in [0.29, 0.717) is 0 Å². The van der Waals surface area contributed by atoms with Crippen LogP contribution in [0, 0.1) is 5.92 Å². The first-order valence-corrected chi connectivity index (χ1v) is 10.2. The highest BCUT2D eigenvalue weighted by Gasteiger charge is 2.29. The zero-order valence-corrected chi connectivity index (χ0v) is 16.8. The molecule has 1 amide bonds. The van der Waals surface area contributed by atoms with E-state index < -0.39 is 28.1 Å². The quantitative estimate of drug-likeness (QED) is 0.563. The molecule has 0 bridgehead atoms. The van der Waals surface area contributed by atoms with Crippen molar-refractivity contribution in [3.05, 3.63) is 66.2 Å². The van der Waals surface area contributed by atoms with Crippen molar-refractivity contribution in [2.45, 2.75) is 24.8 Å². The molecule has 0 aliphatic heterocycles. The van der Waals surface area contributed by atoms with Crippen LogP contribution >= 0.6 is 0 Å². The number of rotatable bonds is 7. The van der Waals surface area contributed by atoms with Crippen molar-refractivity contribution in [1.29, 1.82) is 0 Å². The van der Waals surface area contributed by atoms with Gasteiger partial charge in [0.1, 0.15) is 0 Å². The number of amides is 1. The van der Waals surface area contributed by atoms with E-state index in [1.165, 1.54) is 19.2 Å². The zero-order valence-electron chi connectivity index (χ0n) is 16.0. The third kappa shape index (κ3) is 5.56. The maximum Gasteiger partial charge on any atom is 0.407 e. The molecule has 2 unspecified atom stereocenters. The van der Waals surface area contributed by atoms with E-state index in [1.807, 2.05) is 30.3 Å². The lowest BCUT2D eigenvalue weighted by Crippen LogP contribution is -2.36. The van der Waals surface area contributed by atoms with Crippen molar-refractivity contribution in [2.24, 2.45) is 10.3 Å². The minimum Gasteiger partial charge on any atom is -0.483 e. The molecule has 0 fully saturated rings. The molecule has 8 heteroatoms. The monoisotopic (exact) mass is 404 g/mol. The maximum atomic E-state index is 12.6. The number of hydrogen-bond acceptors (Lipinski definition) is 5. The largest absolute Gasteiger partial charge is 0.483 e. The van der Waals surface area contributed by atoms with Crippen molar-refractivity contribution in [3.63, 3.8) is 0 Å². The van der Waals surface area contributed by atoms with E-state index in [0.717, 1.165) is 5.56 Å². The normalized spacial score (nSPS) is 14.0. The predicted octanol–water partition coefficient (Wildman–Crippen LogP) is 3.54. The van der Waals surface area contributed by atoms with E-state index in [2.05, 4.69) is 9.71 Å². The summed E-state index contributed by atoms with van der Waals surface area (Å²) in [5.41, 5.74) is 0.768. The number of hydrogen-bond donors (Lipinski definition) is 1. The molecule has 28 heavy (non-hydrogen) atoms. The molecule has 0 aliphatic carbocycles. The summed E-state index contributed by atoms with van der Waals surface area (Å²) >= 11 is 0. The number of carbonyl (C=O) groups excluding carboxylic acids is 1. The van der Waals surface area contributed by atoms with Gasteiger partial charge in [0.05, 0.1) is 30.6 Å². The fraction of sp³-hybridized carbons (Fsp3) is 0.300. The van der Waals surface area contributed by atoms with Crippen molar-refractivity contribution >= 4 is 22.0 Å². The number of ether oxygens (including phenoxy) is 2. The summed E-state index contributed by atoms with van der Waals surface area (Å²) in [6.45, 7) is 3.65. The Bertz CT molecular complexity index is 899. The van der Waals surface area contributed by atoms with Gasteiger partial charge in [0.25, 0.3) is 10.0 Å². The number of carbonyl (C=O) groups is 1. The number of sulfonamides is 1. The van der Waals surface area contributed by atoms with Gasteiger partial charge in [-0.05, 0) is 24.6 Å². The van der Waals surface area contributed by atoms with Gasteiger partial charge >= 0.3 is 6.09 Å². The van der Waals surface area contributed by atoms with Gasteiger partial charge in [-0.3, -0.25) is 0 Å². The van der Waals surface area contributed by atoms with E-state index in [9.17, 15) is 13.2 Å². The van der Waals surface area contributed by atoms with Crippen LogP contribution in [0.4, 0.5) is 4.79 Å². The molecule has 2 rings (SSSR count). The van der Waals surface area contributed by atoms with Crippen LogP contribution in [0.1, 0.15) is 25.5 Å². The molecule has 0 spiro atoms. The molecule has 0 heterocycles. The summed E-state index contributed by atoms with van der Waals surface area (Å²) in [5.74, 6) is -0.593. The lowest BCUT2D eigenvalue weighted by molar-refractivity contribution is 0.145. The molecule has 7 nitrogen and oxygen atoms in total. The Balaban J connectivity index is 2.39. The molecule has 2 aromatic rings. The number of nitrogens with zero attached hydrogens (tertiary/aromatic N) is 1. The maximum absolute atomic E-state index is 12.6. The molecule has 0 radical (unpaired) electrons. The van der Waals surface area contributed by atoms with Crippen LogP contribution < -0.4 is 5.32 Å². The summed E-state index contributed by atoms with van der Waals surface area (Å²) in [6, 6.07) is 16.4. The average Bonchev–Trinajstić information content (AvgIpc) is 2.71. The molecular formula is C20H24N2O5S. The van der Waals surface area contributed by atoms with E-state index in [1.54, 1.807) is 32.0 Å². The van der Waals surface area contributed by atoms with Crippen LogP contribution in [0.5, 0.6) is 0 Å². The molecule has 2 atom stereocenters. The molecule has 0 saturated heterocycles. The van der Waals surface area contributed by atoms with Gasteiger partial charge < -0.3 is 14.8 Å². The van der Waals surface area contributed by atoms with Gasteiger partial charge in [-0.1, -0.05) is 55.5 Å². The highest BCUT2D eigenvalue weighted by Crippen LogP contribution is 2.25. The Labute approximate surface area is 165 Å². The van der Waals surface area contributed by atoms with Crippen LogP contribution in [-0.2, 0) is 19.5 Å². The van der Waals surface area contributed by atoms with Crippen molar-refractivity contribution in [2.75, 3.05) is 13.7 Å². The zero-order chi connectivity index (χ0) is 20.6. The topological polar surface area (TPSA) is 94.1 Å². The molecular weight excluding hydrogens is 380 g/mol. The van der Waals surface area contributed by atoms with Gasteiger partial charge in [0.15, 0.2) is 0 Å². The van der Waals surface area contributed by atoms with Crippen LogP contribution in [0.15, 0.2) is 70.0 Å². The summed E-state index contributed by atoms with van der Waals surface area (Å²) in [5, 5.41) is 2.76. The first-order chi connectivity index (χ1) is 13.4. The molecule has 0 aliphatic rings. The Hall–Kier alpha value is -2.87. The Kier molecular flexibility index (Phi) is 7.57. The number of methoxy groups -OCH3 is 1. The lowest BCUT2D eigenvalue weighted by atomic mass is 9.94. The minimum atomic E-state index is -3.95. The van der Waals surface area contributed by atoms with Gasteiger partial charge in [-0.2, -0.15) is 8.42 Å². The first kappa shape index (κ1) is 21.4. The second-order valence-corrected chi connectivity index (χ2v) is 7.57.